The van der Waals surface area contributed by atoms with Crippen molar-refractivity contribution in [2.24, 2.45) is 5.73 Å². The lowest BCUT2D eigenvalue weighted by Crippen LogP contribution is -2.29. The topological polar surface area (TPSA) is 44.5 Å². The van der Waals surface area contributed by atoms with Gasteiger partial charge in [0.25, 0.3) is 0 Å². The number of methoxy groups -OCH3 is 2. The number of ether oxygens (including phenoxy) is 2. The first kappa shape index (κ1) is 7.98. The van der Waals surface area contributed by atoms with Crippen LogP contribution in [0, 0.1) is 0 Å². The molecule has 60 valence electrons. The minimum absolute atomic E-state index is 0.0245. The van der Waals surface area contributed by atoms with Gasteiger partial charge >= 0.3 is 0 Å². The maximum Gasteiger partial charge on any atom is 0.158 e. The van der Waals surface area contributed by atoms with Gasteiger partial charge in [-0.1, -0.05) is 0 Å². The molecule has 0 saturated heterocycles. The van der Waals surface area contributed by atoms with Crippen LogP contribution >= 0.6 is 0 Å². The van der Waals surface area contributed by atoms with Crippen molar-refractivity contribution in [2.75, 3.05) is 14.2 Å². The molecule has 0 radical (unpaired) electrons. The first-order chi connectivity index (χ1) is 4.70. The van der Waals surface area contributed by atoms with E-state index in [9.17, 15) is 0 Å². The van der Waals surface area contributed by atoms with E-state index in [-0.39, 0.29) is 11.8 Å². The van der Waals surface area contributed by atoms with Gasteiger partial charge in [-0.05, 0) is 12.8 Å². The normalized spacial score (nSPS) is 21.6. The molecule has 2 N–H and O–H groups in total. The van der Waals surface area contributed by atoms with E-state index in [0.29, 0.717) is 0 Å². The van der Waals surface area contributed by atoms with E-state index in [0.717, 1.165) is 19.3 Å². The van der Waals surface area contributed by atoms with Crippen LogP contribution < -0.4 is 5.73 Å². The average molecular weight is 145 g/mol. The summed E-state index contributed by atoms with van der Waals surface area (Å²) in [6, 6.07) is 0. The lowest BCUT2D eigenvalue weighted by molar-refractivity contribution is -0.110. The zero-order valence-corrected chi connectivity index (χ0v) is 6.59. The summed E-state index contributed by atoms with van der Waals surface area (Å²) in [5, 5.41) is 0. The standard InChI is InChI=1S/C7H15NO2/c1-9-6(10-2)5-7(8)3-4-7/h6H,3-5,8H2,1-2H3. The molecule has 1 saturated carbocycles. The van der Waals surface area contributed by atoms with Crippen molar-refractivity contribution < 1.29 is 9.47 Å². The smallest absolute Gasteiger partial charge is 0.158 e. The zero-order chi connectivity index (χ0) is 7.61. The van der Waals surface area contributed by atoms with E-state index in [2.05, 4.69) is 0 Å². The first-order valence-electron chi connectivity index (χ1n) is 3.55. The third-order valence-electron chi connectivity index (χ3n) is 1.99. The molecule has 0 atom stereocenters. The lowest BCUT2D eigenvalue weighted by Gasteiger charge is -2.16. The van der Waals surface area contributed by atoms with E-state index < -0.39 is 0 Å². The van der Waals surface area contributed by atoms with Crippen LogP contribution in [-0.4, -0.2) is 26.0 Å². The highest BCUT2D eigenvalue weighted by atomic mass is 16.7. The van der Waals surface area contributed by atoms with Crippen molar-refractivity contribution in [3.63, 3.8) is 0 Å². The van der Waals surface area contributed by atoms with Crippen molar-refractivity contribution in [2.45, 2.75) is 31.1 Å². The molecule has 0 aromatic heterocycles. The van der Waals surface area contributed by atoms with Crippen LogP contribution in [0.5, 0.6) is 0 Å². The van der Waals surface area contributed by atoms with Gasteiger partial charge in [-0.3, -0.25) is 0 Å². The summed E-state index contributed by atoms with van der Waals surface area (Å²) in [5.41, 5.74) is 5.86. The molecule has 0 bridgehead atoms. The molecule has 10 heavy (non-hydrogen) atoms. The van der Waals surface area contributed by atoms with Gasteiger partial charge in [-0.15, -0.1) is 0 Å². The van der Waals surface area contributed by atoms with E-state index in [1.165, 1.54) is 0 Å². The van der Waals surface area contributed by atoms with Gasteiger partial charge in [0, 0.05) is 26.2 Å². The van der Waals surface area contributed by atoms with Crippen molar-refractivity contribution in [3.8, 4) is 0 Å². The lowest BCUT2D eigenvalue weighted by atomic mass is 10.2. The molecule has 1 rings (SSSR count). The Morgan fingerprint density at radius 2 is 1.90 bits per heavy atom. The Kier molecular flexibility index (Phi) is 2.28. The first-order valence-corrected chi connectivity index (χ1v) is 3.55. The average Bonchev–Trinajstić information content (AvgIpc) is 2.64. The Morgan fingerprint density at radius 1 is 1.40 bits per heavy atom. The Morgan fingerprint density at radius 3 is 2.20 bits per heavy atom. The Labute approximate surface area is 61.5 Å². The fourth-order valence-corrected chi connectivity index (χ4v) is 0.960. The van der Waals surface area contributed by atoms with E-state index in [4.69, 9.17) is 15.2 Å². The number of rotatable bonds is 4. The Hall–Kier alpha value is -0.120. The van der Waals surface area contributed by atoms with Gasteiger partial charge in [-0.25, -0.2) is 0 Å². The third-order valence-corrected chi connectivity index (χ3v) is 1.99. The predicted octanol–water partition coefficient (Wildman–Crippen LogP) is 0.487. The number of hydrogen-bond acceptors (Lipinski definition) is 3. The quantitative estimate of drug-likeness (QED) is 0.585. The third kappa shape index (κ3) is 1.94. The molecule has 3 heteroatoms. The molecule has 0 spiro atoms. The zero-order valence-electron chi connectivity index (χ0n) is 6.59. The molecule has 1 fully saturated rings. The summed E-state index contributed by atoms with van der Waals surface area (Å²) in [6.45, 7) is 0. The highest BCUT2D eigenvalue weighted by molar-refractivity contribution is 4.98. The van der Waals surface area contributed by atoms with Crippen LogP contribution in [0.1, 0.15) is 19.3 Å². The maximum atomic E-state index is 5.84. The van der Waals surface area contributed by atoms with Gasteiger partial charge in [0.15, 0.2) is 6.29 Å². The molecule has 0 heterocycles. The van der Waals surface area contributed by atoms with E-state index in [1.807, 2.05) is 0 Å². The highest BCUT2D eigenvalue weighted by Crippen LogP contribution is 2.37. The van der Waals surface area contributed by atoms with Crippen molar-refractivity contribution in [1.29, 1.82) is 0 Å². The second-order valence-corrected chi connectivity index (χ2v) is 2.97. The molecule has 0 aromatic carbocycles. The summed E-state index contributed by atoms with van der Waals surface area (Å²) in [6.07, 6.45) is 2.92. The van der Waals surface area contributed by atoms with Gasteiger partial charge in [0.1, 0.15) is 0 Å². The molecular formula is C7H15NO2. The summed E-state index contributed by atoms with van der Waals surface area (Å²) < 4.78 is 10.0. The van der Waals surface area contributed by atoms with Crippen LogP contribution in [0.2, 0.25) is 0 Å². The molecule has 3 nitrogen and oxygen atoms in total. The SMILES string of the molecule is COC(CC1(N)CC1)OC. The number of hydrogen-bond donors (Lipinski definition) is 1. The Balaban J connectivity index is 2.21. The maximum absolute atomic E-state index is 5.84. The van der Waals surface area contributed by atoms with Crippen molar-refractivity contribution in [3.05, 3.63) is 0 Å². The van der Waals surface area contributed by atoms with Gasteiger partial charge in [0.2, 0.25) is 0 Å². The Bertz CT molecular complexity index is 108. The van der Waals surface area contributed by atoms with E-state index >= 15 is 0 Å². The van der Waals surface area contributed by atoms with Gasteiger partial charge in [-0.2, -0.15) is 0 Å². The van der Waals surface area contributed by atoms with Crippen LogP contribution in [0.15, 0.2) is 0 Å². The largest absolute Gasteiger partial charge is 0.356 e. The second-order valence-electron chi connectivity index (χ2n) is 2.97. The van der Waals surface area contributed by atoms with Crippen LogP contribution in [0.25, 0.3) is 0 Å². The van der Waals surface area contributed by atoms with E-state index in [1.54, 1.807) is 14.2 Å². The molecule has 0 amide bonds. The van der Waals surface area contributed by atoms with Crippen molar-refractivity contribution >= 4 is 0 Å². The fourth-order valence-electron chi connectivity index (χ4n) is 0.960. The van der Waals surface area contributed by atoms with Gasteiger partial charge in [0.05, 0.1) is 0 Å². The molecule has 1 aliphatic carbocycles. The molecule has 0 aliphatic heterocycles. The summed E-state index contributed by atoms with van der Waals surface area (Å²) >= 11 is 0. The monoisotopic (exact) mass is 145 g/mol. The summed E-state index contributed by atoms with van der Waals surface area (Å²) in [7, 11) is 3.28. The highest BCUT2D eigenvalue weighted by Gasteiger charge is 2.40. The van der Waals surface area contributed by atoms with Crippen molar-refractivity contribution in [1.82, 2.24) is 0 Å². The van der Waals surface area contributed by atoms with Crippen LogP contribution in [-0.2, 0) is 9.47 Å². The molecular weight excluding hydrogens is 130 g/mol. The molecule has 1 aliphatic rings. The minimum atomic E-state index is -0.118. The predicted molar refractivity (Wildman–Crippen MR) is 38.6 cm³/mol. The van der Waals surface area contributed by atoms with Crippen LogP contribution in [0.4, 0.5) is 0 Å². The summed E-state index contributed by atoms with van der Waals surface area (Å²) in [4.78, 5) is 0. The second kappa shape index (κ2) is 2.86. The molecule has 0 aromatic rings. The fraction of sp³-hybridized carbons (Fsp3) is 1.00. The number of nitrogens with two attached hydrogens (primary N) is 1. The molecule has 0 unspecified atom stereocenters. The van der Waals surface area contributed by atoms with Gasteiger partial charge < -0.3 is 15.2 Å². The van der Waals surface area contributed by atoms with Crippen LogP contribution in [0.3, 0.4) is 0 Å². The summed E-state index contributed by atoms with van der Waals surface area (Å²) in [5.74, 6) is 0. The minimum Gasteiger partial charge on any atom is -0.356 e.